The maximum atomic E-state index is 12.3. The van der Waals surface area contributed by atoms with Crippen molar-refractivity contribution in [2.75, 3.05) is 44.3 Å². The molecule has 24 heavy (non-hydrogen) atoms. The van der Waals surface area contributed by atoms with Crippen molar-refractivity contribution < 1.29 is 4.74 Å². The van der Waals surface area contributed by atoms with Gasteiger partial charge in [0.05, 0.1) is 30.6 Å². The second-order valence-electron chi connectivity index (χ2n) is 6.50. The lowest BCUT2D eigenvalue weighted by molar-refractivity contribution is -0.0660. The van der Waals surface area contributed by atoms with Gasteiger partial charge < -0.3 is 9.64 Å². The summed E-state index contributed by atoms with van der Waals surface area (Å²) in [6.07, 6.45) is 0. The highest BCUT2D eigenvalue weighted by Gasteiger charge is 2.29. The van der Waals surface area contributed by atoms with Crippen molar-refractivity contribution in [3.05, 3.63) is 34.2 Å². The Morgan fingerprint density at radius 1 is 1.08 bits per heavy atom. The summed E-state index contributed by atoms with van der Waals surface area (Å²) in [5.74, 6) is 0. The van der Waals surface area contributed by atoms with E-state index >= 15 is 0 Å². The van der Waals surface area contributed by atoms with Crippen LogP contribution in [0.1, 0.15) is 5.56 Å². The third-order valence-electron chi connectivity index (χ3n) is 4.87. The molecule has 0 aliphatic carbocycles. The Hall–Kier alpha value is -2.19. The van der Waals surface area contributed by atoms with Crippen LogP contribution in [0.25, 0.3) is 5.69 Å². The Labute approximate surface area is 140 Å². The van der Waals surface area contributed by atoms with E-state index in [1.807, 2.05) is 13.0 Å². The summed E-state index contributed by atoms with van der Waals surface area (Å²) >= 11 is 0. The number of aryl methyl sites for hydroxylation is 2. The van der Waals surface area contributed by atoms with Gasteiger partial charge in [0.2, 0.25) is 0 Å². The molecule has 1 aromatic heterocycles. The largest absolute Gasteiger partial charge is 0.378 e. The smallest absolute Gasteiger partial charge is 0.368 e. The maximum Gasteiger partial charge on any atom is 0.368 e. The van der Waals surface area contributed by atoms with Gasteiger partial charge in [0.1, 0.15) is 0 Å². The number of piperazine rings is 1. The van der Waals surface area contributed by atoms with Crippen LogP contribution < -0.4 is 10.6 Å². The van der Waals surface area contributed by atoms with Gasteiger partial charge in [-0.3, -0.25) is 4.90 Å². The van der Waals surface area contributed by atoms with Gasteiger partial charge in [0.15, 0.2) is 0 Å². The monoisotopic (exact) mass is 330 g/mol. The maximum absolute atomic E-state index is 12.3. The molecule has 2 fully saturated rings. The minimum atomic E-state index is -0.230. The summed E-state index contributed by atoms with van der Waals surface area (Å²) in [7, 11) is 1.61. The Morgan fingerprint density at radius 3 is 2.42 bits per heavy atom. The molecule has 0 atom stereocenters. The fourth-order valence-electron chi connectivity index (χ4n) is 3.30. The topological polar surface area (TPSA) is 68.4 Å². The number of anilines is 1. The van der Waals surface area contributed by atoms with E-state index in [0.29, 0.717) is 6.04 Å². The van der Waals surface area contributed by atoms with Gasteiger partial charge >= 0.3 is 5.69 Å². The number of ether oxygens (including phenoxy) is 1. The van der Waals surface area contributed by atoms with Gasteiger partial charge in [-0.2, -0.15) is 9.36 Å². The number of nitrogens with zero attached hydrogens (tertiary/aromatic N) is 6. The first-order valence-electron chi connectivity index (χ1n) is 8.30. The van der Waals surface area contributed by atoms with E-state index in [0.717, 1.165) is 56.3 Å². The van der Waals surface area contributed by atoms with Crippen LogP contribution in [-0.4, -0.2) is 70.1 Å². The van der Waals surface area contributed by atoms with Crippen LogP contribution in [0, 0.1) is 6.92 Å². The SMILES string of the molecule is Cc1ccc(N2CCN(C3COC3)CC2)c(-n2nnn(C)c2=O)c1. The molecule has 2 aliphatic rings. The van der Waals surface area contributed by atoms with Crippen LogP contribution in [0.4, 0.5) is 5.69 Å². The lowest BCUT2D eigenvalue weighted by Crippen LogP contribution is -2.56. The highest BCUT2D eigenvalue weighted by atomic mass is 16.5. The van der Waals surface area contributed by atoms with Crippen LogP contribution in [0.15, 0.2) is 23.0 Å². The first kappa shape index (κ1) is 15.3. The normalized spacial score (nSPS) is 19.5. The molecular formula is C16H22N6O2. The van der Waals surface area contributed by atoms with E-state index in [4.69, 9.17) is 4.74 Å². The van der Waals surface area contributed by atoms with Crippen LogP contribution in [0.2, 0.25) is 0 Å². The lowest BCUT2D eigenvalue weighted by Gasteiger charge is -2.43. The predicted molar refractivity (Wildman–Crippen MR) is 89.7 cm³/mol. The average Bonchev–Trinajstić information content (AvgIpc) is 2.86. The summed E-state index contributed by atoms with van der Waals surface area (Å²) in [6.45, 7) is 7.61. The van der Waals surface area contributed by atoms with E-state index in [2.05, 4.69) is 32.4 Å². The quantitative estimate of drug-likeness (QED) is 0.776. The molecular weight excluding hydrogens is 308 g/mol. The Balaban J connectivity index is 1.61. The van der Waals surface area contributed by atoms with Crippen molar-refractivity contribution in [2.45, 2.75) is 13.0 Å². The van der Waals surface area contributed by atoms with Gasteiger partial charge in [0, 0.05) is 33.2 Å². The summed E-state index contributed by atoms with van der Waals surface area (Å²) in [5.41, 5.74) is 2.70. The number of aromatic nitrogens is 4. The van der Waals surface area contributed by atoms with Gasteiger partial charge in [-0.1, -0.05) is 6.07 Å². The molecule has 2 aliphatic heterocycles. The van der Waals surface area contributed by atoms with Crippen molar-refractivity contribution in [2.24, 2.45) is 7.05 Å². The van der Waals surface area contributed by atoms with Crippen molar-refractivity contribution >= 4 is 5.69 Å². The molecule has 3 heterocycles. The molecule has 128 valence electrons. The molecule has 0 amide bonds. The second kappa shape index (κ2) is 6.03. The first-order chi connectivity index (χ1) is 11.6. The number of rotatable bonds is 3. The standard InChI is InChI=1S/C16H22N6O2/c1-12-3-4-14(15(9-12)22-16(23)19(2)17-18-22)21-7-5-20(6-8-21)13-10-24-11-13/h3-4,9,13H,5-8,10-11H2,1-2H3. The van der Waals surface area contributed by atoms with E-state index in [1.165, 1.54) is 9.36 Å². The van der Waals surface area contributed by atoms with Crippen molar-refractivity contribution in [1.82, 2.24) is 24.7 Å². The molecule has 8 heteroatoms. The first-order valence-corrected chi connectivity index (χ1v) is 8.30. The van der Waals surface area contributed by atoms with Gasteiger partial charge in [0.25, 0.3) is 0 Å². The molecule has 2 saturated heterocycles. The molecule has 0 spiro atoms. The predicted octanol–water partition coefficient (Wildman–Crippen LogP) is -0.205. The molecule has 2 aromatic rings. The van der Waals surface area contributed by atoms with Crippen LogP contribution in [-0.2, 0) is 11.8 Å². The minimum Gasteiger partial charge on any atom is -0.378 e. The molecule has 8 nitrogen and oxygen atoms in total. The van der Waals surface area contributed by atoms with E-state index in [9.17, 15) is 4.79 Å². The van der Waals surface area contributed by atoms with Crippen LogP contribution >= 0.6 is 0 Å². The van der Waals surface area contributed by atoms with Crippen LogP contribution in [0.5, 0.6) is 0 Å². The average molecular weight is 330 g/mol. The number of hydrogen-bond acceptors (Lipinski definition) is 6. The zero-order valence-electron chi connectivity index (χ0n) is 14.1. The van der Waals surface area contributed by atoms with Crippen molar-refractivity contribution in [3.63, 3.8) is 0 Å². The third kappa shape index (κ3) is 2.61. The van der Waals surface area contributed by atoms with E-state index in [-0.39, 0.29) is 5.69 Å². The molecule has 0 N–H and O–H groups in total. The number of hydrogen-bond donors (Lipinski definition) is 0. The van der Waals surface area contributed by atoms with E-state index in [1.54, 1.807) is 7.05 Å². The summed E-state index contributed by atoms with van der Waals surface area (Å²) in [4.78, 5) is 17.1. The Kier molecular flexibility index (Phi) is 3.85. The lowest BCUT2D eigenvalue weighted by atomic mass is 10.1. The number of tetrazole rings is 1. The zero-order chi connectivity index (χ0) is 16.7. The Bertz CT molecular complexity index is 786. The molecule has 0 bridgehead atoms. The number of benzene rings is 1. The minimum absolute atomic E-state index is 0.230. The molecule has 0 saturated carbocycles. The second-order valence-corrected chi connectivity index (χ2v) is 6.50. The molecule has 0 radical (unpaired) electrons. The summed E-state index contributed by atoms with van der Waals surface area (Å²) in [5, 5.41) is 7.85. The highest BCUT2D eigenvalue weighted by molar-refractivity contribution is 5.63. The summed E-state index contributed by atoms with van der Waals surface area (Å²) < 4.78 is 7.93. The van der Waals surface area contributed by atoms with Crippen LogP contribution in [0.3, 0.4) is 0 Å². The Morgan fingerprint density at radius 2 is 1.83 bits per heavy atom. The fraction of sp³-hybridized carbons (Fsp3) is 0.562. The van der Waals surface area contributed by atoms with Crippen molar-refractivity contribution in [1.29, 1.82) is 0 Å². The third-order valence-corrected chi connectivity index (χ3v) is 4.87. The van der Waals surface area contributed by atoms with Crippen molar-refractivity contribution in [3.8, 4) is 5.69 Å². The fourth-order valence-corrected chi connectivity index (χ4v) is 3.30. The molecule has 4 rings (SSSR count). The zero-order valence-corrected chi connectivity index (χ0v) is 14.1. The van der Waals surface area contributed by atoms with E-state index < -0.39 is 0 Å². The van der Waals surface area contributed by atoms with Gasteiger partial charge in [-0.05, 0) is 35.0 Å². The molecule has 1 aromatic carbocycles. The molecule has 0 unspecified atom stereocenters. The van der Waals surface area contributed by atoms with Gasteiger partial charge in [-0.15, -0.1) is 0 Å². The van der Waals surface area contributed by atoms with Gasteiger partial charge in [-0.25, -0.2) is 4.79 Å². The summed E-state index contributed by atoms with van der Waals surface area (Å²) in [6, 6.07) is 6.73. The highest BCUT2D eigenvalue weighted by Crippen LogP contribution is 2.26.